The highest BCUT2D eigenvalue weighted by Crippen LogP contribution is 2.43. The average molecular weight is 583 g/mol. The van der Waals surface area contributed by atoms with Gasteiger partial charge in [0.2, 0.25) is 5.91 Å². The largest absolute Gasteiger partial charge is 0.494 e. The first-order chi connectivity index (χ1) is 20.8. The molecule has 3 N–H and O–H groups in total. The predicted octanol–water partition coefficient (Wildman–Crippen LogP) is 5.15. The van der Waals surface area contributed by atoms with Gasteiger partial charge in [-0.25, -0.2) is 4.98 Å². The van der Waals surface area contributed by atoms with Crippen LogP contribution in [0.1, 0.15) is 73.8 Å². The molecule has 9 nitrogen and oxygen atoms in total. The van der Waals surface area contributed by atoms with Crippen molar-refractivity contribution in [3.63, 3.8) is 0 Å². The number of carbonyl (C=O) groups excluding carboxylic acids is 2. The van der Waals surface area contributed by atoms with E-state index in [1.54, 1.807) is 7.11 Å². The number of nitrogens with one attached hydrogen (secondary N) is 1. The van der Waals surface area contributed by atoms with Crippen molar-refractivity contribution in [2.75, 3.05) is 20.2 Å². The van der Waals surface area contributed by atoms with Gasteiger partial charge >= 0.3 is 0 Å². The van der Waals surface area contributed by atoms with Gasteiger partial charge < -0.3 is 29.8 Å². The molecular weight excluding hydrogens is 540 g/mol. The quantitative estimate of drug-likeness (QED) is 0.347. The third-order valence-corrected chi connectivity index (χ3v) is 9.88. The maximum atomic E-state index is 13.5. The fraction of sp³-hybridized carbons (Fsp3) is 0.500. The molecule has 2 aromatic heterocycles. The number of hydrogen-bond acceptors (Lipinski definition) is 5. The zero-order valence-electron chi connectivity index (χ0n) is 25.4. The third kappa shape index (κ3) is 5.07. The number of nitrogens with two attached hydrogens (primary N) is 1. The zero-order chi connectivity index (χ0) is 29.8. The summed E-state index contributed by atoms with van der Waals surface area (Å²) in [4.78, 5) is 33.3. The normalized spacial score (nSPS) is 24.6. The second kappa shape index (κ2) is 11.0. The van der Waals surface area contributed by atoms with Crippen LogP contribution in [0.25, 0.3) is 33.5 Å². The molecule has 226 valence electrons. The summed E-state index contributed by atoms with van der Waals surface area (Å²) in [6.07, 6.45) is 7.34. The maximum absolute atomic E-state index is 13.5. The molecule has 2 aromatic carbocycles. The van der Waals surface area contributed by atoms with E-state index in [4.69, 9.17) is 15.5 Å². The van der Waals surface area contributed by atoms with Gasteiger partial charge in [-0.2, -0.15) is 0 Å². The van der Waals surface area contributed by atoms with Crippen molar-refractivity contribution in [3.05, 3.63) is 47.5 Å². The van der Waals surface area contributed by atoms with Crippen LogP contribution in [-0.4, -0.2) is 57.1 Å². The Morgan fingerprint density at radius 1 is 1.07 bits per heavy atom. The molecule has 0 radical (unpaired) electrons. The number of benzene rings is 2. The van der Waals surface area contributed by atoms with Crippen LogP contribution in [0.2, 0.25) is 0 Å². The molecule has 43 heavy (non-hydrogen) atoms. The molecule has 9 heteroatoms. The zero-order valence-corrected chi connectivity index (χ0v) is 25.4. The lowest BCUT2D eigenvalue weighted by Crippen LogP contribution is -2.45. The number of likely N-dealkylation sites (tertiary alicyclic amines) is 1. The fourth-order valence-corrected chi connectivity index (χ4v) is 7.31. The Hall–Kier alpha value is -3.85. The molecule has 2 fully saturated rings. The molecule has 1 saturated carbocycles. The van der Waals surface area contributed by atoms with Crippen molar-refractivity contribution >= 4 is 33.8 Å². The van der Waals surface area contributed by atoms with Gasteiger partial charge in [0.25, 0.3) is 5.91 Å². The van der Waals surface area contributed by atoms with Crippen LogP contribution in [0.5, 0.6) is 5.75 Å². The van der Waals surface area contributed by atoms with Crippen LogP contribution in [-0.2, 0) is 18.4 Å². The van der Waals surface area contributed by atoms with Crippen molar-refractivity contribution in [2.45, 2.75) is 70.5 Å². The summed E-state index contributed by atoms with van der Waals surface area (Å²) in [5.74, 6) is 2.35. The number of aryl methyl sites for hydroxylation is 2. The highest BCUT2D eigenvalue weighted by atomic mass is 16.5. The summed E-state index contributed by atoms with van der Waals surface area (Å²) in [5.41, 5.74) is 11.6. The van der Waals surface area contributed by atoms with Gasteiger partial charge in [-0.15, -0.1) is 0 Å². The number of ether oxygens (including phenoxy) is 1. The van der Waals surface area contributed by atoms with Gasteiger partial charge in [0.1, 0.15) is 11.3 Å². The lowest BCUT2D eigenvalue weighted by atomic mass is 10.0. The molecule has 2 amide bonds. The van der Waals surface area contributed by atoms with Crippen molar-refractivity contribution < 1.29 is 14.3 Å². The van der Waals surface area contributed by atoms with E-state index in [2.05, 4.69) is 45.6 Å². The Morgan fingerprint density at radius 2 is 1.93 bits per heavy atom. The van der Waals surface area contributed by atoms with Crippen LogP contribution in [0.15, 0.2) is 36.4 Å². The lowest BCUT2D eigenvalue weighted by Gasteiger charge is -2.30. The number of aromatic nitrogens is 3. The van der Waals surface area contributed by atoms with Gasteiger partial charge in [0, 0.05) is 55.1 Å². The number of nitrogens with zero attached hydrogens (tertiary/aromatic N) is 4. The predicted molar refractivity (Wildman–Crippen MR) is 168 cm³/mol. The van der Waals surface area contributed by atoms with Gasteiger partial charge in [-0.3, -0.25) is 9.59 Å². The number of amides is 2. The molecule has 0 spiro atoms. The fourth-order valence-electron chi connectivity index (χ4n) is 7.31. The molecule has 2 aliphatic heterocycles. The number of imidazole rings is 1. The van der Waals surface area contributed by atoms with E-state index < -0.39 is 0 Å². The molecule has 1 aliphatic carbocycles. The highest BCUT2D eigenvalue weighted by Gasteiger charge is 2.42. The minimum atomic E-state index is -0.0571. The number of piperidine rings is 1. The standard InChI is InChI=1S/C34H42N6O3/c1-20-21-10-11-23-17-29(40(28(23)16-21)13-6-4-5-8-22-14-26(22)33(41)36-20)32-37-27-15-24(18-30(43-3)31(27)38(32)2)34(42)39-12-7-9-25(35)19-39/h10-11,15-18,20,22,25-26H,4-9,12-14,19,35H2,1-3H3,(H,36,41)/t20-,22+,25-,26+/m1/s1. The van der Waals surface area contributed by atoms with Crippen molar-refractivity contribution in [1.29, 1.82) is 0 Å². The maximum Gasteiger partial charge on any atom is 0.254 e. The first kappa shape index (κ1) is 28.0. The van der Waals surface area contributed by atoms with Crippen LogP contribution < -0.4 is 15.8 Å². The minimum Gasteiger partial charge on any atom is -0.494 e. The summed E-state index contributed by atoms with van der Waals surface area (Å²) in [7, 11) is 3.66. The topological polar surface area (TPSA) is 107 Å². The Balaban J connectivity index is 1.30. The lowest BCUT2D eigenvalue weighted by molar-refractivity contribution is -0.123. The second-order valence-electron chi connectivity index (χ2n) is 12.9. The number of rotatable bonds is 3. The van der Waals surface area contributed by atoms with E-state index in [-0.39, 0.29) is 29.8 Å². The summed E-state index contributed by atoms with van der Waals surface area (Å²) in [6, 6.07) is 12.4. The van der Waals surface area contributed by atoms with Crippen molar-refractivity contribution in [3.8, 4) is 17.3 Å². The SMILES string of the molecule is COc1cc(C(=O)N2CCC[C@@H](N)C2)cc2nc(-c3cc4ccc5cc4n3CCCCC[C@H]3C[C@@H]3C(=O)N[C@@H]5C)n(C)c12. The van der Waals surface area contributed by atoms with E-state index in [0.29, 0.717) is 30.3 Å². The van der Waals surface area contributed by atoms with Crippen LogP contribution >= 0.6 is 0 Å². The number of fused-ring (bicyclic) bond motifs is 3. The molecule has 3 aliphatic rings. The number of hydrogen-bond donors (Lipinski definition) is 2. The summed E-state index contributed by atoms with van der Waals surface area (Å²) >= 11 is 0. The monoisotopic (exact) mass is 582 g/mol. The average Bonchev–Trinajstić information content (AvgIpc) is 3.59. The third-order valence-electron chi connectivity index (χ3n) is 9.88. The Labute approximate surface area is 252 Å². The number of methoxy groups -OCH3 is 1. The van der Waals surface area contributed by atoms with Gasteiger partial charge in [-0.1, -0.05) is 25.0 Å². The van der Waals surface area contributed by atoms with E-state index in [9.17, 15) is 9.59 Å². The summed E-state index contributed by atoms with van der Waals surface area (Å²) < 4.78 is 10.3. The van der Waals surface area contributed by atoms with Crippen molar-refractivity contribution in [2.24, 2.45) is 24.6 Å². The van der Waals surface area contributed by atoms with Gasteiger partial charge in [-0.05, 0) is 74.8 Å². The molecule has 1 saturated heterocycles. The first-order valence-electron chi connectivity index (χ1n) is 15.9. The van der Waals surface area contributed by atoms with E-state index in [0.717, 1.165) is 90.5 Å². The van der Waals surface area contributed by atoms with E-state index >= 15 is 0 Å². The summed E-state index contributed by atoms with van der Waals surface area (Å²) in [6.45, 7) is 4.24. The molecule has 4 heterocycles. The smallest absolute Gasteiger partial charge is 0.254 e. The Bertz CT molecular complexity index is 1720. The second-order valence-corrected chi connectivity index (χ2v) is 12.9. The van der Waals surface area contributed by atoms with Crippen LogP contribution in [0, 0.1) is 11.8 Å². The Morgan fingerprint density at radius 3 is 2.74 bits per heavy atom. The molecule has 0 unspecified atom stereocenters. The minimum absolute atomic E-state index is 0.0138. The van der Waals surface area contributed by atoms with Crippen LogP contribution in [0.4, 0.5) is 0 Å². The molecule has 7 rings (SSSR count). The van der Waals surface area contributed by atoms with E-state index in [1.807, 2.05) is 24.1 Å². The van der Waals surface area contributed by atoms with Gasteiger partial charge in [0.15, 0.2) is 5.82 Å². The van der Waals surface area contributed by atoms with Crippen LogP contribution in [0.3, 0.4) is 0 Å². The Kier molecular flexibility index (Phi) is 7.16. The van der Waals surface area contributed by atoms with E-state index in [1.165, 1.54) is 0 Å². The first-order valence-corrected chi connectivity index (χ1v) is 15.9. The van der Waals surface area contributed by atoms with Crippen molar-refractivity contribution in [1.82, 2.24) is 24.3 Å². The molecular formula is C34H42N6O3. The number of carbonyl (C=O) groups is 2. The molecule has 4 aromatic rings. The highest BCUT2D eigenvalue weighted by molar-refractivity contribution is 6.00. The molecule has 2 bridgehead atoms. The molecule has 4 atom stereocenters. The van der Waals surface area contributed by atoms with Gasteiger partial charge in [0.05, 0.1) is 24.4 Å². The summed E-state index contributed by atoms with van der Waals surface area (Å²) in [5, 5.41) is 4.41.